The van der Waals surface area contributed by atoms with Crippen LogP contribution < -0.4 is 5.32 Å². The average molecular weight is 819 g/mol. The number of hydrogen-bond donors (Lipinski definition) is 1. The van der Waals surface area contributed by atoms with Gasteiger partial charge in [0.2, 0.25) is 11.8 Å². The zero-order valence-electron chi connectivity index (χ0n) is 31.1. The van der Waals surface area contributed by atoms with Gasteiger partial charge in [-0.15, -0.1) is 11.8 Å². The van der Waals surface area contributed by atoms with Crippen molar-refractivity contribution in [3.63, 3.8) is 0 Å². The molecule has 1 fully saturated rings. The van der Waals surface area contributed by atoms with Gasteiger partial charge in [0, 0.05) is 18.4 Å². The summed E-state index contributed by atoms with van der Waals surface area (Å²) in [5, 5.41) is 13.5. The molecule has 1 aliphatic rings. The van der Waals surface area contributed by atoms with Gasteiger partial charge in [-0.1, -0.05) is 75.8 Å². The van der Waals surface area contributed by atoms with E-state index in [1.54, 1.807) is 48.2 Å². The van der Waals surface area contributed by atoms with E-state index >= 15 is 0 Å². The maximum Gasteiger partial charge on any atom is 0.264 e. The van der Waals surface area contributed by atoms with Gasteiger partial charge in [-0.05, 0) is 97.0 Å². The van der Waals surface area contributed by atoms with Crippen LogP contribution in [0.1, 0.15) is 94.3 Å². The Kier molecular flexibility index (Phi) is 14.4. The lowest BCUT2D eigenvalue weighted by Crippen LogP contribution is -2.38. The van der Waals surface area contributed by atoms with Gasteiger partial charge in [0.1, 0.15) is 22.0 Å². The Bertz CT molecular complexity index is 1900. The Morgan fingerprint density at radius 1 is 1.17 bits per heavy atom. The molecule has 3 aromatic heterocycles. The van der Waals surface area contributed by atoms with Crippen LogP contribution in [-0.4, -0.2) is 63.2 Å². The number of pyridine rings is 1. The van der Waals surface area contributed by atoms with Gasteiger partial charge in [-0.2, -0.15) is 5.26 Å². The Labute approximate surface area is 329 Å². The quantitative estimate of drug-likeness (QED) is 0.0541. The fourth-order valence-corrected chi connectivity index (χ4v) is 8.35. The third-order valence-corrected chi connectivity index (χ3v) is 11.9. The number of rotatable bonds is 15. The zero-order valence-corrected chi connectivity index (χ0v) is 34.3. The number of hydrogen-bond acceptors (Lipinski definition) is 10. The summed E-state index contributed by atoms with van der Waals surface area (Å²) in [6.45, 7) is 11.2. The second kappa shape index (κ2) is 19.0. The van der Waals surface area contributed by atoms with Gasteiger partial charge in [0.25, 0.3) is 5.91 Å². The van der Waals surface area contributed by atoms with Gasteiger partial charge in [0.05, 0.1) is 34.1 Å². The van der Waals surface area contributed by atoms with E-state index in [4.69, 9.17) is 4.42 Å². The molecule has 0 aliphatic carbocycles. The van der Waals surface area contributed by atoms with Crippen LogP contribution in [0.25, 0.3) is 6.08 Å². The van der Waals surface area contributed by atoms with Crippen LogP contribution in [0, 0.1) is 17.2 Å². The van der Waals surface area contributed by atoms with Gasteiger partial charge in [0.15, 0.2) is 5.13 Å². The fraction of sp³-hybridized carbons (Fsp3) is 0.450. The van der Waals surface area contributed by atoms with Crippen molar-refractivity contribution in [3.05, 3.63) is 93.5 Å². The molecule has 1 atom stereocenters. The highest BCUT2D eigenvalue weighted by molar-refractivity contribution is 9.10. The first kappa shape index (κ1) is 40.4. The molecule has 10 nitrogen and oxygen atoms in total. The van der Waals surface area contributed by atoms with E-state index in [0.717, 1.165) is 73.7 Å². The highest BCUT2D eigenvalue weighted by atomic mass is 79.9. The fourth-order valence-electron chi connectivity index (χ4n) is 6.26. The first-order valence-electron chi connectivity index (χ1n) is 18.1. The Balaban J connectivity index is 1.04. The molecule has 0 radical (unpaired) electrons. The van der Waals surface area contributed by atoms with E-state index < -0.39 is 0 Å². The summed E-state index contributed by atoms with van der Waals surface area (Å²) in [5.74, 6) is 1.89. The van der Waals surface area contributed by atoms with Crippen molar-refractivity contribution >= 4 is 62.1 Å². The Morgan fingerprint density at radius 2 is 1.92 bits per heavy atom. The molecule has 1 aliphatic heterocycles. The van der Waals surface area contributed by atoms with E-state index in [0.29, 0.717) is 27.1 Å². The van der Waals surface area contributed by atoms with Crippen LogP contribution in [0.4, 0.5) is 5.13 Å². The maximum atomic E-state index is 13.4. The van der Waals surface area contributed by atoms with Crippen molar-refractivity contribution in [1.82, 2.24) is 24.8 Å². The third kappa shape index (κ3) is 11.6. The van der Waals surface area contributed by atoms with Crippen LogP contribution in [0.2, 0.25) is 0 Å². The monoisotopic (exact) mass is 817 g/mol. The number of nitrogens with zero attached hydrogens (tertiary/aromatic N) is 6. The molecular weight excluding hydrogens is 771 g/mol. The predicted octanol–water partition coefficient (Wildman–Crippen LogP) is 9.07. The number of piperidine rings is 1. The molecule has 0 spiro atoms. The number of thiazole rings is 1. The molecule has 0 saturated carbocycles. The van der Waals surface area contributed by atoms with E-state index in [9.17, 15) is 14.9 Å². The number of nitrogens with one attached hydrogen (secondary N) is 1. The van der Waals surface area contributed by atoms with Crippen molar-refractivity contribution in [3.8, 4) is 6.07 Å². The van der Waals surface area contributed by atoms with Crippen molar-refractivity contribution in [2.45, 2.75) is 87.6 Å². The maximum absolute atomic E-state index is 13.4. The number of halogens is 1. The van der Waals surface area contributed by atoms with E-state index in [1.165, 1.54) is 23.0 Å². The minimum Gasteiger partial charge on any atom is -0.444 e. The summed E-state index contributed by atoms with van der Waals surface area (Å²) < 4.78 is 7.54. The van der Waals surface area contributed by atoms with E-state index in [2.05, 4.69) is 99.1 Å². The molecule has 2 amide bonds. The summed E-state index contributed by atoms with van der Waals surface area (Å²) in [6, 6.07) is 15.8. The number of likely N-dealkylation sites (N-methyl/N-ethyl adjacent to an activating group) is 1. The van der Waals surface area contributed by atoms with Crippen LogP contribution in [-0.2, 0) is 27.2 Å². The van der Waals surface area contributed by atoms with E-state index in [1.807, 2.05) is 6.07 Å². The molecule has 5 rings (SSSR count). The third-order valence-electron chi connectivity index (χ3n) is 9.34. The first-order valence-corrected chi connectivity index (χ1v) is 20.7. The van der Waals surface area contributed by atoms with Crippen LogP contribution in [0.5, 0.6) is 0 Å². The second-order valence-electron chi connectivity index (χ2n) is 14.4. The van der Waals surface area contributed by atoms with Gasteiger partial charge in [-0.3, -0.25) is 9.59 Å². The number of oxazole rings is 1. The molecule has 4 heterocycles. The van der Waals surface area contributed by atoms with Crippen LogP contribution in [0.15, 0.2) is 73.7 Å². The standard InChI is InChI=1S/C40H48BrN7O3S2/c1-6-9-32(47(5)38(50)30(23-42)22-31-11-7-12-34(41)45-31)28-15-13-27(14-16-28)10-8-19-48-20-17-29(18-21-48)37(49)46-39-44-25-36(53-39)52-26-35-43-24-33(51-35)40(2,3)4/h7,11-16,22,24-25,29,32H,6,8-10,17-21,26H2,1-5H3,(H,44,46,49)/b30-22+. The molecule has 4 aromatic rings. The van der Waals surface area contributed by atoms with Gasteiger partial charge in [-0.25, -0.2) is 15.0 Å². The number of aromatic nitrogens is 3. The number of carbonyl (C=O) groups excluding carboxylic acids is 2. The van der Waals surface area contributed by atoms with Crippen molar-refractivity contribution in [2.24, 2.45) is 5.92 Å². The van der Waals surface area contributed by atoms with Crippen LogP contribution >= 0.6 is 39.0 Å². The molecule has 1 saturated heterocycles. The lowest BCUT2D eigenvalue weighted by Gasteiger charge is -2.31. The van der Waals surface area contributed by atoms with Gasteiger partial charge >= 0.3 is 0 Å². The summed E-state index contributed by atoms with van der Waals surface area (Å²) in [5.41, 5.74) is 2.84. The molecule has 280 valence electrons. The largest absolute Gasteiger partial charge is 0.444 e. The number of aryl methyl sites for hydroxylation is 1. The van der Waals surface area contributed by atoms with Crippen molar-refractivity contribution < 1.29 is 14.0 Å². The van der Waals surface area contributed by atoms with Gasteiger partial charge < -0.3 is 19.5 Å². The number of thioether (sulfide) groups is 1. The average Bonchev–Trinajstić information content (AvgIpc) is 3.82. The minimum absolute atomic E-state index is 0.0140. The Morgan fingerprint density at radius 3 is 2.58 bits per heavy atom. The molecule has 13 heteroatoms. The summed E-state index contributed by atoms with van der Waals surface area (Å²) in [7, 11) is 1.77. The smallest absolute Gasteiger partial charge is 0.264 e. The number of carbonyl (C=O) groups is 2. The molecule has 53 heavy (non-hydrogen) atoms. The molecule has 1 aromatic carbocycles. The predicted molar refractivity (Wildman–Crippen MR) is 215 cm³/mol. The molecule has 1 unspecified atom stereocenters. The van der Waals surface area contributed by atoms with Crippen LogP contribution in [0.3, 0.4) is 0 Å². The number of likely N-dealkylation sites (tertiary alicyclic amines) is 1. The highest BCUT2D eigenvalue weighted by Gasteiger charge is 2.27. The topological polar surface area (TPSA) is 128 Å². The summed E-state index contributed by atoms with van der Waals surface area (Å²) in [6.07, 6.45) is 10.5. The number of benzene rings is 1. The number of nitriles is 1. The normalized spacial score (nSPS) is 14.8. The lowest BCUT2D eigenvalue weighted by atomic mass is 9.94. The summed E-state index contributed by atoms with van der Waals surface area (Å²) >= 11 is 6.43. The van der Waals surface area contributed by atoms with Crippen molar-refractivity contribution in [1.29, 1.82) is 5.26 Å². The molecule has 1 N–H and O–H groups in total. The van der Waals surface area contributed by atoms with Crippen molar-refractivity contribution in [2.75, 3.05) is 32.0 Å². The minimum atomic E-state index is -0.320. The first-order chi connectivity index (χ1) is 25.4. The summed E-state index contributed by atoms with van der Waals surface area (Å²) in [4.78, 5) is 43.7. The SMILES string of the molecule is CCCC(c1ccc(CCCN2CCC(C(=O)Nc3ncc(SCc4ncc(C(C)(C)C)o4)s3)CC2)cc1)N(C)C(=O)/C(C#N)=C/c1cccc(Br)n1. The number of anilines is 1. The number of amides is 2. The second-order valence-corrected chi connectivity index (χ2v) is 17.5. The lowest BCUT2D eigenvalue weighted by molar-refractivity contribution is -0.127. The van der Waals surface area contributed by atoms with E-state index in [-0.39, 0.29) is 34.8 Å². The Hall–Kier alpha value is -3.83. The zero-order chi connectivity index (χ0) is 38.0. The molecular formula is C40H48BrN7O3S2. The highest BCUT2D eigenvalue weighted by Crippen LogP contribution is 2.33. The molecule has 0 bridgehead atoms.